The molecule has 3 rings (SSSR count). The van der Waals surface area contributed by atoms with Crippen LogP contribution in [-0.2, 0) is 0 Å². The molecule has 5 nitrogen and oxygen atoms in total. The van der Waals surface area contributed by atoms with Crippen LogP contribution in [0, 0.1) is 0 Å². The minimum Gasteiger partial charge on any atom is -0.461 e. The van der Waals surface area contributed by atoms with Gasteiger partial charge in [-0.2, -0.15) is 0 Å². The fourth-order valence-corrected chi connectivity index (χ4v) is 1.69. The normalized spacial score (nSPS) is 10.8. The van der Waals surface area contributed by atoms with Crippen molar-refractivity contribution in [1.82, 2.24) is 15.0 Å². The first-order valence-corrected chi connectivity index (χ1v) is 4.71. The van der Waals surface area contributed by atoms with Crippen molar-refractivity contribution >= 4 is 17.3 Å². The molecule has 0 spiro atoms. The van der Waals surface area contributed by atoms with Gasteiger partial charge in [-0.1, -0.05) is 0 Å². The Morgan fingerprint density at radius 3 is 3.12 bits per heavy atom. The van der Waals surface area contributed by atoms with Crippen molar-refractivity contribution in [3.8, 4) is 11.3 Å². The lowest BCUT2D eigenvalue weighted by atomic mass is 10.1. The minimum atomic E-state index is 0.279. The third kappa shape index (κ3) is 1.15. The van der Waals surface area contributed by atoms with E-state index < -0.39 is 0 Å². The molecule has 3 aromatic rings. The number of aromatic nitrogens is 3. The highest BCUT2D eigenvalue weighted by Crippen LogP contribution is 2.27. The molecule has 0 aromatic carbocycles. The molecule has 0 aliphatic heterocycles. The van der Waals surface area contributed by atoms with Gasteiger partial charge in [0.2, 0.25) is 0 Å². The number of hydrogen-bond acceptors (Lipinski definition) is 4. The number of carbonyl (C=O) groups is 1. The number of nitrogens with one attached hydrogen (secondary N) is 1. The maximum Gasteiger partial charge on any atom is 0.186 e. The van der Waals surface area contributed by atoms with Crippen LogP contribution in [0.1, 0.15) is 10.6 Å². The van der Waals surface area contributed by atoms with Crippen molar-refractivity contribution in [3.63, 3.8) is 0 Å². The zero-order valence-electron chi connectivity index (χ0n) is 8.18. The third-order valence-electron chi connectivity index (χ3n) is 2.41. The Balaban J connectivity index is 2.33. The van der Waals surface area contributed by atoms with Crippen molar-refractivity contribution in [2.45, 2.75) is 0 Å². The lowest BCUT2D eigenvalue weighted by Gasteiger charge is -1.98. The fraction of sp³-hybridized carbons (Fsp3) is 0. The molecule has 0 fully saturated rings. The summed E-state index contributed by atoms with van der Waals surface area (Å²) in [5.74, 6) is 0.279. The highest BCUT2D eigenvalue weighted by Gasteiger charge is 2.13. The Morgan fingerprint density at radius 2 is 2.25 bits per heavy atom. The standard InChI is InChI=1S/C11H7N3O2/c15-5-9-7(2-4-16-9)10-8-1-3-12-11(8)14-6-13-10/h1-6H,(H,12,13,14). The number of hydrogen-bond donors (Lipinski definition) is 1. The largest absolute Gasteiger partial charge is 0.461 e. The molecule has 0 aliphatic carbocycles. The first kappa shape index (κ1) is 8.84. The minimum absolute atomic E-state index is 0.279. The van der Waals surface area contributed by atoms with Crippen molar-refractivity contribution < 1.29 is 9.21 Å². The summed E-state index contributed by atoms with van der Waals surface area (Å²) >= 11 is 0. The molecule has 78 valence electrons. The van der Waals surface area contributed by atoms with Gasteiger partial charge in [0.15, 0.2) is 12.0 Å². The molecule has 0 radical (unpaired) electrons. The molecule has 1 N–H and O–H groups in total. The van der Waals surface area contributed by atoms with E-state index in [1.807, 2.05) is 6.07 Å². The second-order valence-electron chi connectivity index (χ2n) is 3.28. The number of furan rings is 1. The quantitative estimate of drug-likeness (QED) is 0.661. The molecule has 0 saturated heterocycles. The average Bonchev–Trinajstić information content (AvgIpc) is 2.96. The van der Waals surface area contributed by atoms with Crippen LogP contribution in [0.15, 0.2) is 35.3 Å². The van der Waals surface area contributed by atoms with Gasteiger partial charge in [-0.15, -0.1) is 0 Å². The average molecular weight is 213 g/mol. The molecule has 0 aliphatic rings. The van der Waals surface area contributed by atoms with Crippen molar-refractivity contribution in [3.05, 3.63) is 36.7 Å². The number of aldehydes is 1. The number of carbonyl (C=O) groups excluding carboxylic acids is 1. The number of H-pyrrole nitrogens is 1. The molecule has 0 unspecified atom stereocenters. The van der Waals surface area contributed by atoms with Crippen molar-refractivity contribution in [2.24, 2.45) is 0 Å². The molecule has 5 heteroatoms. The van der Waals surface area contributed by atoms with E-state index in [4.69, 9.17) is 4.42 Å². The second kappa shape index (κ2) is 3.30. The zero-order valence-corrected chi connectivity index (χ0v) is 8.18. The number of rotatable bonds is 2. The summed E-state index contributed by atoms with van der Waals surface area (Å²) in [5.41, 5.74) is 2.12. The van der Waals surface area contributed by atoms with Crippen LogP contribution in [0.2, 0.25) is 0 Å². The van der Waals surface area contributed by atoms with Gasteiger partial charge in [-0.25, -0.2) is 9.97 Å². The van der Waals surface area contributed by atoms with E-state index in [1.165, 1.54) is 12.6 Å². The smallest absolute Gasteiger partial charge is 0.186 e. The fourth-order valence-electron chi connectivity index (χ4n) is 1.69. The summed E-state index contributed by atoms with van der Waals surface area (Å²) in [4.78, 5) is 22.0. The first-order chi connectivity index (χ1) is 7.90. The van der Waals surface area contributed by atoms with E-state index in [1.54, 1.807) is 12.3 Å². The predicted molar refractivity (Wildman–Crippen MR) is 57.0 cm³/mol. The van der Waals surface area contributed by atoms with Crippen LogP contribution in [0.5, 0.6) is 0 Å². The van der Waals surface area contributed by atoms with Crippen molar-refractivity contribution in [2.75, 3.05) is 0 Å². The van der Waals surface area contributed by atoms with E-state index in [2.05, 4.69) is 15.0 Å². The molecule has 3 heterocycles. The van der Waals surface area contributed by atoms with Crippen LogP contribution < -0.4 is 0 Å². The van der Waals surface area contributed by atoms with E-state index >= 15 is 0 Å². The van der Waals surface area contributed by atoms with Crippen LogP contribution in [0.4, 0.5) is 0 Å². The first-order valence-electron chi connectivity index (χ1n) is 4.71. The van der Waals surface area contributed by atoms with E-state index in [9.17, 15) is 4.79 Å². The van der Waals surface area contributed by atoms with Crippen LogP contribution >= 0.6 is 0 Å². The van der Waals surface area contributed by atoms with Gasteiger partial charge < -0.3 is 9.40 Å². The molecule has 0 atom stereocenters. The summed E-state index contributed by atoms with van der Waals surface area (Å²) < 4.78 is 5.06. The second-order valence-corrected chi connectivity index (χ2v) is 3.28. The Bertz CT molecular complexity index is 654. The molecular formula is C11H7N3O2. The van der Waals surface area contributed by atoms with Gasteiger partial charge in [-0.3, -0.25) is 4.79 Å². The molecular weight excluding hydrogens is 206 g/mol. The summed E-state index contributed by atoms with van der Waals surface area (Å²) in [5, 5.41) is 0.868. The number of aromatic amines is 1. The zero-order chi connectivity index (χ0) is 11.0. The Hall–Kier alpha value is -2.43. The molecule has 0 amide bonds. The van der Waals surface area contributed by atoms with E-state index in [0.29, 0.717) is 17.5 Å². The molecule has 0 bridgehead atoms. The summed E-state index contributed by atoms with van der Waals surface area (Å²) in [7, 11) is 0. The topological polar surface area (TPSA) is 71.8 Å². The summed E-state index contributed by atoms with van der Waals surface area (Å²) in [6, 6.07) is 3.59. The molecule has 16 heavy (non-hydrogen) atoms. The summed E-state index contributed by atoms with van der Waals surface area (Å²) in [6.07, 6.45) is 5.38. The van der Waals surface area contributed by atoms with Gasteiger partial charge in [0.25, 0.3) is 0 Å². The Kier molecular flexibility index (Phi) is 1.83. The van der Waals surface area contributed by atoms with Gasteiger partial charge >= 0.3 is 0 Å². The van der Waals surface area contributed by atoms with Gasteiger partial charge in [0.05, 0.1) is 17.5 Å². The number of fused-ring (bicyclic) bond motifs is 1. The molecule has 0 saturated carbocycles. The molecule has 3 aromatic heterocycles. The van der Waals surface area contributed by atoms with Gasteiger partial charge in [0.1, 0.15) is 12.0 Å². The highest BCUT2D eigenvalue weighted by molar-refractivity contribution is 5.95. The van der Waals surface area contributed by atoms with E-state index in [-0.39, 0.29) is 5.76 Å². The van der Waals surface area contributed by atoms with Crippen LogP contribution in [-0.4, -0.2) is 21.2 Å². The van der Waals surface area contributed by atoms with Crippen LogP contribution in [0.25, 0.3) is 22.3 Å². The SMILES string of the molecule is O=Cc1occc1-c1ncnc2[nH]ccc12. The lowest BCUT2D eigenvalue weighted by Crippen LogP contribution is -1.88. The Morgan fingerprint density at radius 1 is 1.31 bits per heavy atom. The van der Waals surface area contributed by atoms with Crippen LogP contribution in [0.3, 0.4) is 0 Å². The maximum atomic E-state index is 10.8. The van der Waals surface area contributed by atoms with E-state index in [0.717, 1.165) is 11.0 Å². The monoisotopic (exact) mass is 213 g/mol. The summed E-state index contributed by atoms with van der Waals surface area (Å²) in [6.45, 7) is 0. The Labute approximate surface area is 90.1 Å². The van der Waals surface area contributed by atoms with Crippen molar-refractivity contribution in [1.29, 1.82) is 0 Å². The third-order valence-corrected chi connectivity index (χ3v) is 2.41. The van der Waals surface area contributed by atoms with Gasteiger partial charge in [-0.05, 0) is 12.1 Å². The maximum absolute atomic E-state index is 10.8. The predicted octanol–water partition coefficient (Wildman–Crippen LogP) is 2.03. The highest BCUT2D eigenvalue weighted by atomic mass is 16.3. The lowest BCUT2D eigenvalue weighted by molar-refractivity contribution is 0.110. The van der Waals surface area contributed by atoms with Gasteiger partial charge in [0, 0.05) is 11.6 Å². The number of nitrogens with zero attached hydrogens (tertiary/aromatic N) is 2.